The van der Waals surface area contributed by atoms with Gasteiger partial charge in [-0.05, 0) is 26.2 Å². The summed E-state index contributed by atoms with van der Waals surface area (Å²) < 4.78 is 33.8. The first kappa shape index (κ1) is 25.7. The van der Waals surface area contributed by atoms with Crippen LogP contribution in [0.4, 0.5) is 0 Å². The SMILES string of the molecule is CCCCCCCC(CCCCCCC(C)O)S(=O)(=O)[O-].[K+]. The first-order chi connectivity index (χ1) is 9.88. The van der Waals surface area contributed by atoms with Crippen molar-refractivity contribution in [2.24, 2.45) is 0 Å². The fraction of sp³-hybridized carbons (Fsp3) is 1.00. The monoisotopic (exact) mass is 360 g/mol. The van der Waals surface area contributed by atoms with Crippen LogP contribution in [0.2, 0.25) is 0 Å². The third kappa shape index (κ3) is 16.4. The van der Waals surface area contributed by atoms with E-state index in [4.69, 9.17) is 5.11 Å². The van der Waals surface area contributed by atoms with E-state index >= 15 is 0 Å². The Hall–Kier alpha value is 1.51. The van der Waals surface area contributed by atoms with Gasteiger partial charge >= 0.3 is 51.4 Å². The summed E-state index contributed by atoms with van der Waals surface area (Å²) in [6.45, 7) is 3.92. The van der Waals surface area contributed by atoms with Crippen molar-refractivity contribution in [2.45, 2.75) is 102 Å². The number of aliphatic hydroxyl groups is 1. The van der Waals surface area contributed by atoms with Gasteiger partial charge in [-0.3, -0.25) is 0 Å². The molecule has 2 unspecified atom stereocenters. The first-order valence-electron chi connectivity index (χ1n) is 8.50. The standard InChI is InChI=1S/C16H34O4S.K/c1-3-4-5-6-10-13-16(21(18,19)20)14-11-8-7-9-12-15(2)17;/h15-17H,3-14H2,1-2H3,(H,18,19,20);/q;+1/p-1. The van der Waals surface area contributed by atoms with Gasteiger partial charge in [0.15, 0.2) is 0 Å². The van der Waals surface area contributed by atoms with Gasteiger partial charge in [0, 0.05) is 5.25 Å². The first-order valence-corrected chi connectivity index (χ1v) is 9.97. The molecule has 0 rings (SSSR count). The van der Waals surface area contributed by atoms with E-state index in [1.807, 2.05) is 0 Å². The molecule has 0 saturated carbocycles. The van der Waals surface area contributed by atoms with Crippen molar-refractivity contribution in [1.29, 1.82) is 0 Å². The van der Waals surface area contributed by atoms with Crippen LogP contribution in [0.15, 0.2) is 0 Å². The molecule has 0 radical (unpaired) electrons. The third-order valence-corrected chi connectivity index (χ3v) is 5.22. The Labute approximate surface area is 180 Å². The molecule has 6 heteroatoms. The summed E-state index contributed by atoms with van der Waals surface area (Å²) in [6, 6.07) is 0. The van der Waals surface area contributed by atoms with Crippen LogP contribution in [0.5, 0.6) is 0 Å². The number of unbranched alkanes of at least 4 members (excludes halogenated alkanes) is 7. The molecule has 0 fully saturated rings. The van der Waals surface area contributed by atoms with Crippen molar-refractivity contribution < 1.29 is 69.5 Å². The maximum atomic E-state index is 11.3. The Kier molecular flexibility index (Phi) is 18.7. The number of aliphatic hydroxyl groups excluding tert-OH is 1. The molecule has 2 atom stereocenters. The van der Waals surface area contributed by atoms with Crippen LogP contribution in [-0.2, 0) is 10.1 Å². The molecule has 4 nitrogen and oxygen atoms in total. The number of rotatable bonds is 14. The van der Waals surface area contributed by atoms with Gasteiger partial charge in [-0.25, -0.2) is 8.42 Å². The molecule has 128 valence electrons. The molecule has 0 heterocycles. The number of hydrogen-bond acceptors (Lipinski definition) is 4. The van der Waals surface area contributed by atoms with Crippen molar-refractivity contribution in [3.05, 3.63) is 0 Å². The molecule has 0 aliphatic carbocycles. The summed E-state index contributed by atoms with van der Waals surface area (Å²) in [7, 11) is -4.15. The van der Waals surface area contributed by atoms with Crippen LogP contribution in [0.3, 0.4) is 0 Å². The predicted molar refractivity (Wildman–Crippen MR) is 86.2 cm³/mol. The minimum atomic E-state index is -4.15. The van der Waals surface area contributed by atoms with E-state index in [9.17, 15) is 13.0 Å². The molecule has 0 aromatic heterocycles. The molecule has 0 spiro atoms. The van der Waals surface area contributed by atoms with Gasteiger partial charge in [-0.2, -0.15) is 0 Å². The normalized spacial score (nSPS) is 14.4. The van der Waals surface area contributed by atoms with E-state index in [1.165, 1.54) is 6.42 Å². The van der Waals surface area contributed by atoms with Gasteiger partial charge in [0.25, 0.3) is 0 Å². The minimum Gasteiger partial charge on any atom is -0.748 e. The molecule has 0 saturated heterocycles. The second-order valence-electron chi connectivity index (χ2n) is 6.16. The predicted octanol–water partition coefficient (Wildman–Crippen LogP) is 0.986. The molecule has 0 aromatic rings. The molecule has 0 aliphatic heterocycles. The van der Waals surface area contributed by atoms with Crippen molar-refractivity contribution in [3.8, 4) is 0 Å². The summed E-state index contributed by atoms with van der Waals surface area (Å²) >= 11 is 0. The molecule has 0 aliphatic rings. The summed E-state index contributed by atoms with van der Waals surface area (Å²) in [5, 5.41) is 8.44. The Morgan fingerprint density at radius 3 is 1.64 bits per heavy atom. The van der Waals surface area contributed by atoms with Gasteiger partial charge in [-0.1, -0.05) is 64.7 Å². The van der Waals surface area contributed by atoms with E-state index in [1.54, 1.807) is 6.92 Å². The van der Waals surface area contributed by atoms with Crippen LogP contribution >= 0.6 is 0 Å². The zero-order chi connectivity index (χ0) is 16.1. The summed E-state index contributed by atoms with van der Waals surface area (Å²) in [5.41, 5.74) is 0. The Morgan fingerprint density at radius 2 is 1.27 bits per heavy atom. The minimum absolute atomic E-state index is 0. The van der Waals surface area contributed by atoms with Crippen LogP contribution in [-0.4, -0.2) is 29.4 Å². The molecule has 1 N–H and O–H groups in total. The van der Waals surface area contributed by atoms with Crippen LogP contribution in [0, 0.1) is 0 Å². The maximum absolute atomic E-state index is 11.3. The van der Waals surface area contributed by atoms with Crippen LogP contribution in [0.25, 0.3) is 0 Å². The summed E-state index contributed by atoms with van der Waals surface area (Å²) in [6.07, 6.45) is 10.6. The molecular formula is C16H33KO4S. The molecule has 0 bridgehead atoms. The fourth-order valence-electron chi connectivity index (χ4n) is 2.57. The van der Waals surface area contributed by atoms with Crippen LogP contribution in [0.1, 0.15) is 90.9 Å². The van der Waals surface area contributed by atoms with Crippen molar-refractivity contribution in [2.75, 3.05) is 0 Å². The summed E-state index contributed by atoms with van der Waals surface area (Å²) in [5.74, 6) is 0. The van der Waals surface area contributed by atoms with Gasteiger partial charge < -0.3 is 9.66 Å². The largest absolute Gasteiger partial charge is 1.00 e. The molecule has 0 aromatic carbocycles. The Morgan fingerprint density at radius 1 is 0.864 bits per heavy atom. The van der Waals surface area contributed by atoms with Crippen molar-refractivity contribution in [1.82, 2.24) is 0 Å². The van der Waals surface area contributed by atoms with E-state index in [-0.39, 0.29) is 57.5 Å². The second-order valence-corrected chi connectivity index (χ2v) is 7.81. The topological polar surface area (TPSA) is 77.4 Å². The van der Waals surface area contributed by atoms with Gasteiger partial charge in [0.1, 0.15) is 0 Å². The zero-order valence-corrected chi connectivity index (χ0v) is 18.7. The molecular weight excluding hydrogens is 327 g/mol. The Bertz CT molecular complexity index is 331. The van der Waals surface area contributed by atoms with Gasteiger partial charge in [0.05, 0.1) is 16.2 Å². The molecule has 0 amide bonds. The second kappa shape index (κ2) is 16.0. The third-order valence-electron chi connectivity index (χ3n) is 3.94. The zero-order valence-electron chi connectivity index (χ0n) is 14.7. The fourth-order valence-corrected chi connectivity index (χ4v) is 3.48. The van der Waals surface area contributed by atoms with Crippen molar-refractivity contribution in [3.63, 3.8) is 0 Å². The van der Waals surface area contributed by atoms with Gasteiger partial charge in [-0.15, -0.1) is 0 Å². The van der Waals surface area contributed by atoms with Gasteiger partial charge in [0.2, 0.25) is 0 Å². The number of hydrogen-bond donors (Lipinski definition) is 1. The van der Waals surface area contributed by atoms with Crippen molar-refractivity contribution >= 4 is 10.1 Å². The smallest absolute Gasteiger partial charge is 0.748 e. The van der Waals surface area contributed by atoms with E-state index in [2.05, 4.69) is 6.92 Å². The van der Waals surface area contributed by atoms with E-state index in [0.29, 0.717) is 12.8 Å². The Balaban J connectivity index is 0. The van der Waals surface area contributed by atoms with E-state index in [0.717, 1.165) is 57.8 Å². The van der Waals surface area contributed by atoms with Crippen LogP contribution < -0.4 is 51.4 Å². The average Bonchev–Trinajstić information content (AvgIpc) is 2.38. The summed E-state index contributed by atoms with van der Waals surface area (Å²) in [4.78, 5) is 0. The molecule has 22 heavy (non-hydrogen) atoms. The maximum Gasteiger partial charge on any atom is 1.00 e. The quantitative estimate of drug-likeness (QED) is 0.285. The average molecular weight is 361 g/mol. The van der Waals surface area contributed by atoms with E-state index < -0.39 is 15.4 Å².